The van der Waals surface area contributed by atoms with Gasteiger partial charge in [-0.15, -0.1) is 0 Å². The predicted molar refractivity (Wildman–Crippen MR) is 57.1 cm³/mol. The monoisotopic (exact) mass is 231 g/mol. The standard InChI is InChI=1S/C10H17NO5/c1-2-9(12)11-4-6-16-8-7-15-5-3-10(13)14/h2H,1,3-8H2,(H,11,12)(H,13,14). The number of hydrogen-bond acceptors (Lipinski definition) is 4. The Kier molecular flexibility index (Phi) is 9.24. The van der Waals surface area contributed by atoms with Gasteiger partial charge in [-0.25, -0.2) is 0 Å². The molecule has 1 amide bonds. The summed E-state index contributed by atoms with van der Waals surface area (Å²) in [5, 5.41) is 10.9. The van der Waals surface area contributed by atoms with Gasteiger partial charge in [-0.05, 0) is 6.08 Å². The van der Waals surface area contributed by atoms with Crippen LogP contribution in [0.25, 0.3) is 0 Å². The molecule has 0 unspecified atom stereocenters. The van der Waals surface area contributed by atoms with Crippen LogP contribution in [0.15, 0.2) is 12.7 Å². The zero-order valence-electron chi connectivity index (χ0n) is 9.11. The first-order valence-corrected chi connectivity index (χ1v) is 4.94. The average molecular weight is 231 g/mol. The molecule has 0 aliphatic heterocycles. The van der Waals surface area contributed by atoms with E-state index in [9.17, 15) is 9.59 Å². The fourth-order valence-corrected chi connectivity index (χ4v) is 0.800. The Morgan fingerprint density at radius 1 is 1.19 bits per heavy atom. The Morgan fingerprint density at radius 2 is 1.81 bits per heavy atom. The third-order valence-electron chi connectivity index (χ3n) is 1.56. The van der Waals surface area contributed by atoms with Crippen molar-refractivity contribution < 1.29 is 24.2 Å². The molecule has 0 rings (SSSR count). The maximum Gasteiger partial charge on any atom is 0.305 e. The van der Waals surface area contributed by atoms with E-state index in [2.05, 4.69) is 11.9 Å². The van der Waals surface area contributed by atoms with E-state index in [0.717, 1.165) is 0 Å². The molecule has 0 heterocycles. The Balaban J connectivity index is 3.07. The molecule has 0 saturated heterocycles. The van der Waals surface area contributed by atoms with Crippen LogP contribution >= 0.6 is 0 Å². The van der Waals surface area contributed by atoms with E-state index in [-0.39, 0.29) is 18.9 Å². The normalized spacial score (nSPS) is 9.75. The van der Waals surface area contributed by atoms with Crippen LogP contribution in [0.3, 0.4) is 0 Å². The number of rotatable bonds is 10. The van der Waals surface area contributed by atoms with Crippen LogP contribution in [-0.2, 0) is 19.1 Å². The van der Waals surface area contributed by atoms with E-state index in [0.29, 0.717) is 26.4 Å². The molecule has 6 nitrogen and oxygen atoms in total. The van der Waals surface area contributed by atoms with Gasteiger partial charge < -0.3 is 19.9 Å². The smallest absolute Gasteiger partial charge is 0.305 e. The summed E-state index contributed by atoms with van der Waals surface area (Å²) in [7, 11) is 0. The number of carboxylic acid groups (broad SMARTS) is 1. The maximum atomic E-state index is 10.7. The van der Waals surface area contributed by atoms with Crippen LogP contribution in [0.2, 0.25) is 0 Å². The highest BCUT2D eigenvalue weighted by Crippen LogP contribution is 1.83. The number of amides is 1. The number of hydrogen-bond donors (Lipinski definition) is 2. The molecule has 16 heavy (non-hydrogen) atoms. The molecule has 0 radical (unpaired) electrons. The molecule has 0 bridgehead atoms. The van der Waals surface area contributed by atoms with E-state index in [4.69, 9.17) is 14.6 Å². The summed E-state index contributed by atoms with van der Waals surface area (Å²) in [5.74, 6) is -1.12. The Morgan fingerprint density at radius 3 is 2.38 bits per heavy atom. The van der Waals surface area contributed by atoms with Crippen molar-refractivity contribution in [2.75, 3.05) is 33.0 Å². The van der Waals surface area contributed by atoms with Crippen molar-refractivity contribution in [3.05, 3.63) is 12.7 Å². The second kappa shape index (κ2) is 10.1. The maximum absolute atomic E-state index is 10.7. The van der Waals surface area contributed by atoms with Crippen LogP contribution in [0.5, 0.6) is 0 Å². The number of carbonyl (C=O) groups excluding carboxylic acids is 1. The summed E-state index contributed by atoms with van der Waals surface area (Å²) >= 11 is 0. The lowest BCUT2D eigenvalue weighted by atomic mass is 10.5. The van der Waals surface area contributed by atoms with E-state index in [1.165, 1.54) is 6.08 Å². The van der Waals surface area contributed by atoms with E-state index < -0.39 is 5.97 Å². The molecule has 0 aromatic rings. The summed E-state index contributed by atoms with van der Waals surface area (Å²) in [6.45, 7) is 5.03. The first-order chi connectivity index (χ1) is 7.66. The SMILES string of the molecule is C=CC(=O)NCCOCCOCCC(=O)O. The van der Waals surface area contributed by atoms with Gasteiger partial charge in [0.05, 0.1) is 32.8 Å². The van der Waals surface area contributed by atoms with Crippen molar-refractivity contribution in [1.29, 1.82) is 0 Å². The number of ether oxygens (including phenoxy) is 2. The van der Waals surface area contributed by atoms with E-state index in [1.807, 2.05) is 0 Å². The molecule has 0 atom stereocenters. The minimum Gasteiger partial charge on any atom is -0.481 e. The van der Waals surface area contributed by atoms with Crippen molar-refractivity contribution in [3.8, 4) is 0 Å². The minimum absolute atomic E-state index is 0.00457. The molecule has 0 aliphatic rings. The number of nitrogens with one attached hydrogen (secondary N) is 1. The molecular weight excluding hydrogens is 214 g/mol. The topological polar surface area (TPSA) is 84.9 Å². The van der Waals surface area contributed by atoms with Crippen LogP contribution in [0.4, 0.5) is 0 Å². The molecule has 0 spiro atoms. The predicted octanol–water partition coefficient (Wildman–Crippen LogP) is -0.204. The lowest BCUT2D eigenvalue weighted by Gasteiger charge is -2.05. The summed E-state index contributed by atoms with van der Waals surface area (Å²) in [6, 6.07) is 0. The molecule has 0 saturated carbocycles. The first-order valence-electron chi connectivity index (χ1n) is 4.94. The fourth-order valence-electron chi connectivity index (χ4n) is 0.800. The molecular formula is C10H17NO5. The molecule has 0 aromatic carbocycles. The van der Waals surface area contributed by atoms with Crippen molar-refractivity contribution in [1.82, 2.24) is 5.32 Å². The van der Waals surface area contributed by atoms with Crippen LogP contribution in [0.1, 0.15) is 6.42 Å². The number of carboxylic acids is 1. The summed E-state index contributed by atoms with van der Waals surface area (Å²) < 4.78 is 10.1. The van der Waals surface area contributed by atoms with E-state index >= 15 is 0 Å². The Hall–Kier alpha value is -1.40. The fraction of sp³-hybridized carbons (Fsp3) is 0.600. The Bertz CT molecular complexity index is 229. The quantitative estimate of drug-likeness (QED) is 0.401. The molecule has 6 heteroatoms. The number of aliphatic carboxylic acids is 1. The van der Waals surface area contributed by atoms with Gasteiger partial charge in [-0.1, -0.05) is 6.58 Å². The van der Waals surface area contributed by atoms with Crippen molar-refractivity contribution in [3.63, 3.8) is 0 Å². The van der Waals surface area contributed by atoms with Crippen molar-refractivity contribution in [2.24, 2.45) is 0 Å². The van der Waals surface area contributed by atoms with E-state index in [1.54, 1.807) is 0 Å². The molecule has 0 aromatic heterocycles. The molecule has 2 N–H and O–H groups in total. The Labute approximate surface area is 94.2 Å². The van der Waals surface area contributed by atoms with Gasteiger partial charge in [-0.2, -0.15) is 0 Å². The third kappa shape index (κ3) is 10.7. The highest BCUT2D eigenvalue weighted by Gasteiger charge is 1.96. The van der Waals surface area contributed by atoms with Gasteiger partial charge in [0, 0.05) is 6.54 Å². The molecule has 0 fully saturated rings. The average Bonchev–Trinajstić information content (AvgIpc) is 2.26. The van der Waals surface area contributed by atoms with Crippen LogP contribution in [-0.4, -0.2) is 50.0 Å². The zero-order valence-corrected chi connectivity index (χ0v) is 9.11. The lowest BCUT2D eigenvalue weighted by Crippen LogP contribution is -2.25. The van der Waals surface area contributed by atoms with Crippen LogP contribution < -0.4 is 5.32 Å². The highest BCUT2D eigenvalue weighted by atomic mass is 16.5. The molecule has 92 valence electrons. The van der Waals surface area contributed by atoms with Gasteiger partial charge >= 0.3 is 5.97 Å². The second-order valence-electron chi connectivity index (χ2n) is 2.86. The zero-order chi connectivity index (χ0) is 12.2. The summed E-state index contributed by atoms with van der Waals surface area (Å²) in [4.78, 5) is 20.8. The van der Waals surface area contributed by atoms with Gasteiger partial charge in [0.15, 0.2) is 0 Å². The minimum atomic E-state index is -0.881. The molecule has 0 aliphatic carbocycles. The van der Waals surface area contributed by atoms with Crippen molar-refractivity contribution >= 4 is 11.9 Å². The lowest BCUT2D eigenvalue weighted by molar-refractivity contribution is -0.138. The first kappa shape index (κ1) is 14.6. The van der Waals surface area contributed by atoms with Gasteiger partial charge in [0.2, 0.25) is 5.91 Å². The van der Waals surface area contributed by atoms with Gasteiger partial charge in [0.25, 0.3) is 0 Å². The van der Waals surface area contributed by atoms with Gasteiger partial charge in [-0.3, -0.25) is 9.59 Å². The van der Waals surface area contributed by atoms with Gasteiger partial charge in [0.1, 0.15) is 0 Å². The largest absolute Gasteiger partial charge is 0.481 e. The highest BCUT2D eigenvalue weighted by molar-refractivity contribution is 5.86. The number of carbonyl (C=O) groups is 2. The third-order valence-corrected chi connectivity index (χ3v) is 1.56. The van der Waals surface area contributed by atoms with Crippen LogP contribution in [0, 0.1) is 0 Å². The van der Waals surface area contributed by atoms with Crippen molar-refractivity contribution in [2.45, 2.75) is 6.42 Å². The summed E-state index contributed by atoms with van der Waals surface area (Å²) in [6.07, 6.45) is 1.18. The second-order valence-corrected chi connectivity index (χ2v) is 2.86. The summed E-state index contributed by atoms with van der Waals surface area (Å²) in [5.41, 5.74) is 0.